The molecule has 3 rings (SSSR count). The van der Waals surface area contributed by atoms with Gasteiger partial charge in [-0.2, -0.15) is 0 Å². The van der Waals surface area contributed by atoms with Crippen LogP contribution in [0.15, 0.2) is 76.5 Å². The number of sulfonamides is 1. The van der Waals surface area contributed by atoms with Crippen LogP contribution in [0, 0.1) is 12.7 Å². The molecule has 168 valence electrons. The molecule has 9 heteroatoms. The highest BCUT2D eigenvalue weighted by Crippen LogP contribution is 2.25. The first-order chi connectivity index (χ1) is 15.3. The van der Waals surface area contributed by atoms with Gasteiger partial charge in [-0.25, -0.2) is 22.3 Å². The topological polar surface area (TPSA) is 81.7 Å². The van der Waals surface area contributed by atoms with E-state index in [9.17, 15) is 17.6 Å². The van der Waals surface area contributed by atoms with E-state index < -0.39 is 16.0 Å². The molecule has 0 saturated heterocycles. The molecule has 0 spiro atoms. The van der Waals surface area contributed by atoms with E-state index in [-0.39, 0.29) is 22.8 Å². The number of carbonyl (C=O) groups excluding carboxylic acids is 1. The van der Waals surface area contributed by atoms with Crippen LogP contribution in [-0.2, 0) is 14.8 Å². The van der Waals surface area contributed by atoms with Gasteiger partial charge in [-0.15, -0.1) is 11.8 Å². The number of methoxy groups -OCH3 is 1. The minimum atomic E-state index is -3.76. The first-order valence-electron chi connectivity index (χ1n) is 9.63. The molecule has 0 unspecified atom stereocenters. The Labute approximate surface area is 190 Å². The maximum Gasteiger partial charge on any atom is 0.338 e. The summed E-state index contributed by atoms with van der Waals surface area (Å²) in [5, 5.41) is 0. The van der Waals surface area contributed by atoms with Gasteiger partial charge in [0.15, 0.2) is 0 Å². The summed E-state index contributed by atoms with van der Waals surface area (Å²) in [6, 6.07) is 17.4. The van der Waals surface area contributed by atoms with E-state index in [1.54, 1.807) is 37.3 Å². The molecule has 0 saturated carbocycles. The van der Waals surface area contributed by atoms with Gasteiger partial charge in [-0.1, -0.05) is 6.07 Å². The predicted octanol–water partition coefficient (Wildman–Crippen LogP) is 4.78. The molecule has 3 aromatic rings. The molecule has 0 fully saturated rings. The van der Waals surface area contributed by atoms with Crippen LogP contribution in [0.2, 0.25) is 0 Å². The van der Waals surface area contributed by atoms with Crippen molar-refractivity contribution in [3.63, 3.8) is 0 Å². The zero-order valence-corrected chi connectivity index (χ0v) is 19.1. The summed E-state index contributed by atoms with van der Waals surface area (Å²) in [5.74, 6) is 0.746. The number of hydrogen-bond acceptors (Lipinski definition) is 6. The number of thioether (sulfide) groups is 1. The van der Waals surface area contributed by atoms with E-state index in [4.69, 9.17) is 9.47 Å². The van der Waals surface area contributed by atoms with E-state index in [1.807, 2.05) is 12.1 Å². The summed E-state index contributed by atoms with van der Waals surface area (Å²) in [6.45, 7) is 1.92. The SMILES string of the molecule is COC(=O)c1cc(S(=O)(=O)NCCSc2ccc(Oc3ccc(F)cc3)cc2)ccc1C. The fraction of sp³-hybridized carbons (Fsp3) is 0.174. The van der Waals surface area contributed by atoms with Crippen LogP contribution in [0.3, 0.4) is 0 Å². The minimum Gasteiger partial charge on any atom is -0.465 e. The number of ether oxygens (including phenoxy) is 2. The highest BCUT2D eigenvalue weighted by Gasteiger charge is 2.18. The Morgan fingerprint density at radius 3 is 2.25 bits per heavy atom. The van der Waals surface area contributed by atoms with Crippen molar-refractivity contribution in [2.24, 2.45) is 0 Å². The van der Waals surface area contributed by atoms with Crippen molar-refractivity contribution in [3.05, 3.63) is 83.7 Å². The third kappa shape index (κ3) is 6.32. The summed E-state index contributed by atoms with van der Waals surface area (Å²) in [6.07, 6.45) is 0. The number of benzene rings is 3. The largest absolute Gasteiger partial charge is 0.465 e. The number of halogens is 1. The van der Waals surface area contributed by atoms with Crippen molar-refractivity contribution in [2.75, 3.05) is 19.4 Å². The van der Waals surface area contributed by atoms with E-state index in [0.717, 1.165) is 4.90 Å². The van der Waals surface area contributed by atoms with Gasteiger partial charge >= 0.3 is 5.97 Å². The normalized spacial score (nSPS) is 11.2. The highest BCUT2D eigenvalue weighted by molar-refractivity contribution is 7.99. The van der Waals surface area contributed by atoms with Crippen molar-refractivity contribution in [2.45, 2.75) is 16.7 Å². The third-order valence-corrected chi connectivity index (χ3v) is 6.93. The van der Waals surface area contributed by atoms with Crippen molar-refractivity contribution in [1.82, 2.24) is 4.72 Å². The van der Waals surface area contributed by atoms with Gasteiger partial charge in [0.2, 0.25) is 10.0 Å². The lowest BCUT2D eigenvalue weighted by atomic mass is 10.1. The number of nitrogens with one attached hydrogen (secondary N) is 1. The number of hydrogen-bond donors (Lipinski definition) is 1. The molecule has 32 heavy (non-hydrogen) atoms. The van der Waals surface area contributed by atoms with E-state index >= 15 is 0 Å². The van der Waals surface area contributed by atoms with Gasteiger partial charge in [0.05, 0.1) is 17.6 Å². The monoisotopic (exact) mass is 475 g/mol. The molecule has 0 amide bonds. The summed E-state index contributed by atoms with van der Waals surface area (Å²) < 4.78 is 50.9. The van der Waals surface area contributed by atoms with Crippen LogP contribution in [-0.4, -0.2) is 33.8 Å². The lowest BCUT2D eigenvalue weighted by molar-refractivity contribution is 0.0599. The Bertz CT molecular complexity index is 1180. The Morgan fingerprint density at radius 1 is 1.00 bits per heavy atom. The van der Waals surface area contributed by atoms with Crippen LogP contribution in [0.25, 0.3) is 0 Å². The number of aryl methyl sites for hydroxylation is 1. The van der Waals surface area contributed by atoms with Crippen LogP contribution in [0.4, 0.5) is 4.39 Å². The van der Waals surface area contributed by atoms with Crippen molar-refractivity contribution < 1.29 is 27.1 Å². The van der Waals surface area contributed by atoms with E-state index in [0.29, 0.717) is 22.8 Å². The molecular weight excluding hydrogens is 453 g/mol. The zero-order chi connectivity index (χ0) is 23.1. The Hall–Kier alpha value is -2.88. The van der Waals surface area contributed by atoms with Crippen molar-refractivity contribution in [3.8, 4) is 11.5 Å². The fourth-order valence-electron chi connectivity index (χ4n) is 2.77. The number of rotatable bonds is 9. The first-order valence-corrected chi connectivity index (χ1v) is 12.1. The van der Waals surface area contributed by atoms with Gasteiger partial charge in [-0.3, -0.25) is 0 Å². The molecule has 1 N–H and O–H groups in total. The standard InChI is InChI=1S/C23H22FNO5S2/c1-16-3-12-21(15-22(16)23(26)29-2)32(27,28)25-13-14-31-20-10-8-19(9-11-20)30-18-6-4-17(24)5-7-18/h3-12,15,25H,13-14H2,1-2H3. The maximum atomic E-state index is 13.0. The van der Waals surface area contributed by atoms with Crippen LogP contribution >= 0.6 is 11.8 Å². The van der Waals surface area contributed by atoms with Gasteiger partial charge < -0.3 is 9.47 Å². The number of carbonyl (C=O) groups is 1. The third-order valence-electron chi connectivity index (χ3n) is 4.46. The first kappa shape index (κ1) is 23.8. The highest BCUT2D eigenvalue weighted by atomic mass is 32.2. The second-order valence-corrected chi connectivity index (χ2v) is 9.68. The van der Waals surface area contributed by atoms with Crippen molar-refractivity contribution in [1.29, 1.82) is 0 Å². The van der Waals surface area contributed by atoms with Gasteiger partial charge in [0.1, 0.15) is 17.3 Å². The molecule has 0 atom stereocenters. The molecule has 0 radical (unpaired) electrons. The minimum absolute atomic E-state index is 0.01000. The maximum absolute atomic E-state index is 13.0. The summed E-state index contributed by atoms with van der Waals surface area (Å²) in [5.41, 5.74) is 0.853. The van der Waals surface area contributed by atoms with Gasteiger partial charge in [0, 0.05) is 17.2 Å². The molecule has 0 aromatic heterocycles. The summed E-state index contributed by atoms with van der Waals surface area (Å²) in [4.78, 5) is 12.8. The van der Waals surface area contributed by atoms with Crippen LogP contribution in [0.1, 0.15) is 15.9 Å². The second kappa shape index (κ2) is 10.6. The molecule has 0 aliphatic heterocycles. The molecule has 0 heterocycles. The zero-order valence-electron chi connectivity index (χ0n) is 17.5. The predicted molar refractivity (Wildman–Crippen MR) is 121 cm³/mol. The lowest BCUT2D eigenvalue weighted by Crippen LogP contribution is -2.26. The smallest absolute Gasteiger partial charge is 0.338 e. The van der Waals surface area contributed by atoms with Crippen LogP contribution < -0.4 is 9.46 Å². The summed E-state index contributed by atoms with van der Waals surface area (Å²) >= 11 is 1.48. The molecule has 0 aliphatic rings. The molecule has 6 nitrogen and oxygen atoms in total. The van der Waals surface area contributed by atoms with E-state index in [2.05, 4.69) is 4.72 Å². The van der Waals surface area contributed by atoms with Crippen LogP contribution in [0.5, 0.6) is 11.5 Å². The lowest BCUT2D eigenvalue weighted by Gasteiger charge is -2.10. The quantitative estimate of drug-likeness (QED) is 0.272. The van der Waals surface area contributed by atoms with E-state index in [1.165, 1.54) is 43.1 Å². The average molecular weight is 476 g/mol. The van der Waals surface area contributed by atoms with Gasteiger partial charge in [0.25, 0.3) is 0 Å². The second-order valence-electron chi connectivity index (χ2n) is 6.74. The molecule has 0 aliphatic carbocycles. The molecular formula is C23H22FNO5S2. The Balaban J connectivity index is 1.52. The Morgan fingerprint density at radius 2 is 1.62 bits per heavy atom. The number of esters is 1. The molecule has 3 aromatic carbocycles. The Kier molecular flexibility index (Phi) is 7.89. The average Bonchev–Trinajstić information content (AvgIpc) is 2.79. The molecule has 0 bridgehead atoms. The van der Waals surface area contributed by atoms with Gasteiger partial charge in [-0.05, 0) is 73.2 Å². The fourth-order valence-corrected chi connectivity index (χ4v) is 4.72. The van der Waals surface area contributed by atoms with Crippen molar-refractivity contribution >= 4 is 27.8 Å². The summed E-state index contributed by atoms with van der Waals surface area (Å²) in [7, 11) is -2.51.